The molecule has 0 spiro atoms. The molecule has 4 heteroatoms. The van der Waals surface area contributed by atoms with Crippen LogP contribution in [0.5, 0.6) is 0 Å². The summed E-state index contributed by atoms with van der Waals surface area (Å²) in [6.45, 7) is 6.07. The van der Waals surface area contributed by atoms with Crippen LogP contribution in [0.2, 0.25) is 0 Å². The largest absolute Gasteiger partial charge is 0.339 e. The SMILES string of the molecule is CCCN(CCCN)C(=O)c1cc(C)nc2ccccc12. The Bertz CT molecular complexity index is 624. The lowest BCUT2D eigenvalue weighted by molar-refractivity contribution is 0.0756. The van der Waals surface area contributed by atoms with E-state index in [9.17, 15) is 4.79 Å². The molecule has 1 aromatic heterocycles. The maximum Gasteiger partial charge on any atom is 0.254 e. The van der Waals surface area contributed by atoms with Crippen LogP contribution in [0.25, 0.3) is 10.9 Å². The summed E-state index contributed by atoms with van der Waals surface area (Å²) in [7, 11) is 0. The van der Waals surface area contributed by atoms with Crippen LogP contribution in [-0.4, -0.2) is 35.4 Å². The normalized spacial score (nSPS) is 10.8. The Morgan fingerprint density at radius 2 is 2.05 bits per heavy atom. The number of aryl methyl sites for hydroxylation is 1. The van der Waals surface area contributed by atoms with Gasteiger partial charge < -0.3 is 10.6 Å². The van der Waals surface area contributed by atoms with E-state index in [-0.39, 0.29) is 5.91 Å². The number of benzene rings is 1. The Hall–Kier alpha value is -1.94. The van der Waals surface area contributed by atoms with Crippen molar-refractivity contribution in [1.82, 2.24) is 9.88 Å². The highest BCUT2D eigenvalue weighted by molar-refractivity contribution is 6.06. The topological polar surface area (TPSA) is 59.2 Å². The third kappa shape index (κ3) is 3.58. The van der Waals surface area contributed by atoms with E-state index in [1.165, 1.54) is 0 Å². The molecule has 0 saturated heterocycles. The van der Waals surface area contributed by atoms with E-state index in [4.69, 9.17) is 5.73 Å². The number of carbonyl (C=O) groups is 1. The molecule has 21 heavy (non-hydrogen) atoms. The van der Waals surface area contributed by atoms with Crippen LogP contribution in [0.3, 0.4) is 0 Å². The standard InChI is InChI=1S/C17H23N3O/c1-3-10-20(11-6-9-18)17(21)15-12-13(2)19-16-8-5-4-7-14(15)16/h4-5,7-8,12H,3,6,9-11,18H2,1-2H3. The molecule has 112 valence electrons. The first-order valence-corrected chi connectivity index (χ1v) is 7.53. The molecular formula is C17H23N3O. The molecule has 1 amide bonds. The van der Waals surface area contributed by atoms with Gasteiger partial charge in [-0.3, -0.25) is 9.78 Å². The van der Waals surface area contributed by atoms with Crippen molar-refractivity contribution in [2.75, 3.05) is 19.6 Å². The fourth-order valence-electron chi connectivity index (χ4n) is 2.52. The molecular weight excluding hydrogens is 262 g/mol. The van der Waals surface area contributed by atoms with Crippen molar-refractivity contribution in [3.8, 4) is 0 Å². The molecule has 2 aromatic rings. The summed E-state index contributed by atoms with van der Waals surface area (Å²) in [6.07, 6.45) is 1.77. The van der Waals surface area contributed by atoms with Gasteiger partial charge in [-0.15, -0.1) is 0 Å². The van der Waals surface area contributed by atoms with Crippen molar-refractivity contribution < 1.29 is 4.79 Å². The van der Waals surface area contributed by atoms with Crippen LogP contribution in [0.15, 0.2) is 30.3 Å². The number of nitrogens with zero attached hydrogens (tertiary/aromatic N) is 2. The van der Waals surface area contributed by atoms with Gasteiger partial charge in [0.1, 0.15) is 0 Å². The van der Waals surface area contributed by atoms with E-state index in [0.29, 0.717) is 13.1 Å². The minimum absolute atomic E-state index is 0.0759. The fourth-order valence-corrected chi connectivity index (χ4v) is 2.52. The summed E-state index contributed by atoms with van der Waals surface area (Å²) in [5.41, 5.74) is 8.06. The predicted molar refractivity (Wildman–Crippen MR) is 86.3 cm³/mol. The molecule has 0 aliphatic heterocycles. The Kier molecular flexibility index (Phi) is 5.28. The summed E-state index contributed by atoms with van der Waals surface area (Å²) >= 11 is 0. The highest BCUT2D eigenvalue weighted by Gasteiger charge is 2.18. The third-order valence-electron chi connectivity index (χ3n) is 3.49. The zero-order valence-electron chi connectivity index (χ0n) is 12.8. The first kappa shape index (κ1) is 15.4. The first-order chi connectivity index (χ1) is 10.2. The van der Waals surface area contributed by atoms with Crippen LogP contribution in [0.4, 0.5) is 0 Å². The lowest BCUT2D eigenvalue weighted by Gasteiger charge is -2.22. The van der Waals surface area contributed by atoms with Gasteiger partial charge in [0.25, 0.3) is 5.91 Å². The second-order valence-electron chi connectivity index (χ2n) is 5.26. The zero-order valence-corrected chi connectivity index (χ0v) is 12.8. The summed E-state index contributed by atoms with van der Waals surface area (Å²) in [5.74, 6) is 0.0759. The number of hydrogen-bond acceptors (Lipinski definition) is 3. The van der Waals surface area contributed by atoms with Crippen LogP contribution in [0.1, 0.15) is 35.8 Å². The molecule has 2 rings (SSSR count). The molecule has 0 saturated carbocycles. The predicted octanol–water partition coefficient (Wildman–Crippen LogP) is 2.74. The average molecular weight is 285 g/mol. The highest BCUT2D eigenvalue weighted by atomic mass is 16.2. The molecule has 0 aliphatic rings. The Morgan fingerprint density at radius 3 is 2.76 bits per heavy atom. The first-order valence-electron chi connectivity index (χ1n) is 7.53. The third-order valence-corrected chi connectivity index (χ3v) is 3.49. The van der Waals surface area contributed by atoms with Crippen LogP contribution < -0.4 is 5.73 Å². The van der Waals surface area contributed by atoms with E-state index in [1.54, 1.807) is 0 Å². The number of carbonyl (C=O) groups excluding carboxylic acids is 1. The average Bonchev–Trinajstić information content (AvgIpc) is 2.50. The fraction of sp³-hybridized carbons (Fsp3) is 0.412. The number of nitrogens with two attached hydrogens (primary N) is 1. The molecule has 0 bridgehead atoms. The quantitative estimate of drug-likeness (QED) is 0.887. The van der Waals surface area contributed by atoms with Gasteiger partial charge in [-0.25, -0.2) is 0 Å². The van der Waals surface area contributed by atoms with E-state index < -0.39 is 0 Å². The number of fused-ring (bicyclic) bond motifs is 1. The maximum atomic E-state index is 12.9. The summed E-state index contributed by atoms with van der Waals surface area (Å²) in [5, 5.41) is 0.918. The number of pyridine rings is 1. The van der Waals surface area contributed by atoms with Crippen molar-refractivity contribution in [2.24, 2.45) is 5.73 Å². The number of amides is 1. The van der Waals surface area contributed by atoms with Crippen LogP contribution >= 0.6 is 0 Å². The van der Waals surface area contributed by atoms with E-state index >= 15 is 0 Å². The van der Waals surface area contributed by atoms with Crippen molar-refractivity contribution in [3.05, 3.63) is 41.6 Å². The smallest absolute Gasteiger partial charge is 0.254 e. The molecule has 0 aliphatic carbocycles. The van der Waals surface area contributed by atoms with Crippen LogP contribution in [-0.2, 0) is 0 Å². The van der Waals surface area contributed by atoms with Gasteiger partial charge in [-0.05, 0) is 38.4 Å². The molecule has 4 nitrogen and oxygen atoms in total. The molecule has 1 heterocycles. The minimum atomic E-state index is 0.0759. The van der Waals surface area contributed by atoms with Crippen molar-refractivity contribution in [1.29, 1.82) is 0 Å². The van der Waals surface area contributed by atoms with Gasteiger partial charge in [-0.1, -0.05) is 25.1 Å². The number of hydrogen-bond donors (Lipinski definition) is 1. The molecule has 1 aromatic carbocycles. The Balaban J connectivity index is 2.41. The Morgan fingerprint density at radius 1 is 1.29 bits per heavy atom. The summed E-state index contributed by atoms with van der Waals surface area (Å²) in [6, 6.07) is 9.68. The minimum Gasteiger partial charge on any atom is -0.339 e. The van der Waals surface area contributed by atoms with Gasteiger partial charge in [0, 0.05) is 24.2 Å². The van der Waals surface area contributed by atoms with Gasteiger partial charge >= 0.3 is 0 Å². The number of rotatable bonds is 6. The van der Waals surface area contributed by atoms with Gasteiger partial charge in [-0.2, -0.15) is 0 Å². The van der Waals surface area contributed by atoms with E-state index in [2.05, 4.69) is 11.9 Å². The Labute approximate surface area is 126 Å². The van der Waals surface area contributed by atoms with Gasteiger partial charge in [0.05, 0.1) is 11.1 Å². The van der Waals surface area contributed by atoms with Crippen molar-refractivity contribution in [3.63, 3.8) is 0 Å². The molecule has 0 fully saturated rings. The zero-order chi connectivity index (χ0) is 15.2. The van der Waals surface area contributed by atoms with Crippen molar-refractivity contribution >= 4 is 16.8 Å². The monoisotopic (exact) mass is 285 g/mol. The summed E-state index contributed by atoms with van der Waals surface area (Å²) < 4.78 is 0. The van der Waals surface area contributed by atoms with Crippen LogP contribution in [0, 0.1) is 6.92 Å². The maximum absolute atomic E-state index is 12.9. The van der Waals surface area contributed by atoms with E-state index in [1.807, 2.05) is 42.2 Å². The molecule has 2 N–H and O–H groups in total. The molecule has 0 radical (unpaired) electrons. The second-order valence-corrected chi connectivity index (χ2v) is 5.26. The highest BCUT2D eigenvalue weighted by Crippen LogP contribution is 2.20. The lowest BCUT2D eigenvalue weighted by Crippen LogP contribution is -2.33. The second kappa shape index (κ2) is 7.18. The number of para-hydroxylation sites is 1. The van der Waals surface area contributed by atoms with E-state index in [0.717, 1.165) is 41.5 Å². The molecule has 0 unspecified atom stereocenters. The molecule has 0 atom stereocenters. The number of aromatic nitrogens is 1. The van der Waals surface area contributed by atoms with Gasteiger partial charge in [0.15, 0.2) is 0 Å². The lowest BCUT2D eigenvalue weighted by atomic mass is 10.1. The van der Waals surface area contributed by atoms with Crippen molar-refractivity contribution in [2.45, 2.75) is 26.7 Å². The van der Waals surface area contributed by atoms with Gasteiger partial charge in [0.2, 0.25) is 0 Å². The summed E-state index contributed by atoms with van der Waals surface area (Å²) in [4.78, 5) is 19.3.